The van der Waals surface area contributed by atoms with Gasteiger partial charge in [-0.1, -0.05) is 42.8 Å². The maximum atomic E-state index is 13.3. The molecule has 0 spiro atoms. The number of ether oxygens (including phenoxy) is 1. The molecule has 222 valence electrons. The first-order valence-corrected chi connectivity index (χ1v) is 13.7. The third-order valence-corrected chi connectivity index (χ3v) is 6.76. The van der Waals surface area contributed by atoms with Crippen LogP contribution in [0.2, 0.25) is 0 Å². The lowest BCUT2D eigenvalue weighted by atomic mass is 10.0. The first kappa shape index (κ1) is 30.6. The molecule has 11 heteroatoms. The van der Waals surface area contributed by atoms with Crippen molar-refractivity contribution < 1.29 is 27.5 Å². The Morgan fingerprint density at radius 3 is 2.29 bits per heavy atom. The highest BCUT2D eigenvalue weighted by Gasteiger charge is 2.31. The number of rotatable bonds is 11. The van der Waals surface area contributed by atoms with E-state index in [1.165, 1.54) is 24.6 Å². The molecule has 1 atom stereocenters. The summed E-state index contributed by atoms with van der Waals surface area (Å²) in [5, 5.41) is 8.83. The van der Waals surface area contributed by atoms with Gasteiger partial charge < -0.3 is 31.3 Å². The summed E-state index contributed by atoms with van der Waals surface area (Å²) in [5.74, 6) is -1.07. The smallest absolute Gasteiger partial charge is 0.406 e. The molecular weight excluding hydrogens is 547 g/mol. The third-order valence-electron chi connectivity index (χ3n) is 6.76. The molecule has 0 saturated carbocycles. The molecule has 0 radical (unpaired) electrons. The minimum atomic E-state index is -4.80. The van der Waals surface area contributed by atoms with Crippen LogP contribution in [-0.4, -0.2) is 49.3 Å². The van der Waals surface area contributed by atoms with Gasteiger partial charge in [-0.25, -0.2) is 0 Å². The van der Waals surface area contributed by atoms with Crippen LogP contribution in [0.25, 0.3) is 6.08 Å². The fraction of sp³-hybridized carbons (Fsp3) is 0.290. The summed E-state index contributed by atoms with van der Waals surface area (Å²) in [4.78, 5) is 28.0. The van der Waals surface area contributed by atoms with Crippen molar-refractivity contribution >= 4 is 35.0 Å². The van der Waals surface area contributed by atoms with Crippen molar-refractivity contribution in [2.75, 3.05) is 42.5 Å². The number of hydrogen-bond acceptors (Lipinski definition) is 6. The number of hydrogen-bond donors (Lipinski definition) is 4. The van der Waals surface area contributed by atoms with Gasteiger partial charge in [-0.15, -0.1) is 13.2 Å². The molecule has 0 aromatic heterocycles. The third kappa shape index (κ3) is 9.64. The number of halogens is 3. The Kier molecular flexibility index (Phi) is 10.6. The molecule has 1 aliphatic rings. The summed E-state index contributed by atoms with van der Waals surface area (Å²) in [7, 11) is 0. The fourth-order valence-corrected chi connectivity index (χ4v) is 4.62. The number of carbonyl (C=O) groups excluding carboxylic acids is 2. The molecule has 1 aliphatic heterocycles. The topological polar surface area (TPSA) is 109 Å². The first-order valence-electron chi connectivity index (χ1n) is 13.7. The van der Waals surface area contributed by atoms with E-state index in [4.69, 9.17) is 5.73 Å². The lowest BCUT2D eigenvalue weighted by molar-refractivity contribution is -0.274. The SMILES string of the molecule is Nc1ccccc1NC(=O)/C=C/c1ccc(C(NCCN2CCCCC2)C(=O)Nc2ccc(OC(F)(F)F)cc2)cc1. The van der Waals surface area contributed by atoms with E-state index in [9.17, 15) is 22.8 Å². The first-order chi connectivity index (χ1) is 20.2. The van der Waals surface area contributed by atoms with Gasteiger partial charge in [0.05, 0.1) is 11.4 Å². The number of nitrogens with one attached hydrogen (secondary N) is 3. The molecule has 1 saturated heterocycles. The number of amides is 2. The van der Waals surface area contributed by atoms with E-state index in [0.717, 1.165) is 50.2 Å². The zero-order valence-corrected chi connectivity index (χ0v) is 23.0. The van der Waals surface area contributed by atoms with E-state index in [1.54, 1.807) is 54.6 Å². The zero-order valence-electron chi connectivity index (χ0n) is 23.0. The molecule has 2 amide bonds. The normalized spacial score (nSPS) is 14.8. The standard InChI is InChI=1S/C31H34F3N5O3/c32-31(33,34)42-25-15-13-24(14-16-25)37-30(41)29(36-18-21-39-19-4-1-5-20-39)23-11-8-22(9-12-23)10-17-28(40)38-27-7-3-2-6-26(27)35/h2-3,6-17,29,36H,1,4-5,18-21,35H2,(H,37,41)(H,38,40)/b17-10+. The molecule has 8 nitrogen and oxygen atoms in total. The Morgan fingerprint density at radius 2 is 1.62 bits per heavy atom. The average molecular weight is 582 g/mol. The molecule has 1 heterocycles. The lowest BCUT2D eigenvalue weighted by Gasteiger charge is -2.27. The van der Waals surface area contributed by atoms with Crippen molar-refractivity contribution in [1.82, 2.24) is 10.2 Å². The second-order valence-corrected chi connectivity index (χ2v) is 9.93. The van der Waals surface area contributed by atoms with E-state index in [2.05, 4.69) is 25.6 Å². The Hall–Kier alpha value is -4.35. The number of carbonyl (C=O) groups is 2. The summed E-state index contributed by atoms with van der Waals surface area (Å²) >= 11 is 0. The Balaban J connectivity index is 1.42. The van der Waals surface area contributed by atoms with Crippen molar-refractivity contribution in [3.05, 3.63) is 90.0 Å². The maximum Gasteiger partial charge on any atom is 0.573 e. The summed E-state index contributed by atoms with van der Waals surface area (Å²) in [6, 6.07) is 18.4. The molecule has 1 fully saturated rings. The van der Waals surface area contributed by atoms with Crippen molar-refractivity contribution in [2.45, 2.75) is 31.7 Å². The number of nitrogen functional groups attached to an aromatic ring is 1. The highest BCUT2D eigenvalue weighted by Crippen LogP contribution is 2.25. The van der Waals surface area contributed by atoms with E-state index in [0.29, 0.717) is 29.2 Å². The van der Waals surface area contributed by atoms with E-state index in [1.807, 2.05) is 0 Å². The molecule has 42 heavy (non-hydrogen) atoms. The van der Waals surface area contributed by atoms with Gasteiger partial charge >= 0.3 is 6.36 Å². The predicted octanol–water partition coefficient (Wildman–Crippen LogP) is 5.57. The Morgan fingerprint density at radius 1 is 0.929 bits per heavy atom. The Bertz CT molecular complexity index is 1360. The number of benzene rings is 3. The van der Waals surface area contributed by atoms with Crippen LogP contribution in [0.4, 0.5) is 30.2 Å². The summed E-state index contributed by atoms with van der Waals surface area (Å²) < 4.78 is 41.4. The quantitative estimate of drug-likeness (QED) is 0.174. The number of nitrogens with zero attached hydrogens (tertiary/aromatic N) is 1. The van der Waals surface area contributed by atoms with Crippen LogP contribution in [-0.2, 0) is 9.59 Å². The lowest BCUT2D eigenvalue weighted by Crippen LogP contribution is -2.40. The molecule has 0 bridgehead atoms. The minimum absolute atomic E-state index is 0.333. The van der Waals surface area contributed by atoms with Crippen LogP contribution in [0, 0.1) is 0 Å². The van der Waals surface area contributed by atoms with Gasteiger partial charge in [0.1, 0.15) is 11.8 Å². The molecule has 3 aromatic rings. The van der Waals surface area contributed by atoms with Gasteiger partial charge in [0.15, 0.2) is 0 Å². The zero-order chi connectivity index (χ0) is 30.0. The summed E-state index contributed by atoms with van der Waals surface area (Å²) in [5.41, 5.74) is 8.64. The number of para-hydroxylation sites is 2. The summed E-state index contributed by atoms with van der Waals surface area (Å²) in [6.07, 6.45) is 1.80. The molecule has 0 aliphatic carbocycles. The fourth-order valence-electron chi connectivity index (χ4n) is 4.62. The molecule has 4 rings (SSSR count). The van der Waals surface area contributed by atoms with Crippen LogP contribution in [0.15, 0.2) is 78.9 Å². The van der Waals surface area contributed by atoms with Crippen LogP contribution < -0.4 is 26.4 Å². The number of piperidine rings is 1. The van der Waals surface area contributed by atoms with Gasteiger partial charge in [0.25, 0.3) is 0 Å². The van der Waals surface area contributed by atoms with Crippen molar-refractivity contribution in [2.24, 2.45) is 0 Å². The van der Waals surface area contributed by atoms with Gasteiger partial charge in [-0.3, -0.25) is 9.59 Å². The van der Waals surface area contributed by atoms with Gasteiger partial charge in [0, 0.05) is 24.9 Å². The maximum absolute atomic E-state index is 13.3. The monoisotopic (exact) mass is 581 g/mol. The van der Waals surface area contributed by atoms with Gasteiger partial charge in [0.2, 0.25) is 11.8 Å². The predicted molar refractivity (Wildman–Crippen MR) is 158 cm³/mol. The van der Waals surface area contributed by atoms with Crippen molar-refractivity contribution in [3.63, 3.8) is 0 Å². The number of anilines is 3. The van der Waals surface area contributed by atoms with Crippen molar-refractivity contribution in [3.8, 4) is 5.75 Å². The molecular formula is C31H34F3N5O3. The Labute approximate surface area is 242 Å². The minimum Gasteiger partial charge on any atom is -0.406 e. The van der Waals surface area contributed by atoms with Crippen LogP contribution in [0.1, 0.15) is 36.4 Å². The summed E-state index contributed by atoms with van der Waals surface area (Å²) in [6.45, 7) is 3.41. The average Bonchev–Trinajstić information content (AvgIpc) is 2.97. The highest BCUT2D eigenvalue weighted by atomic mass is 19.4. The number of alkyl halides is 3. The number of nitrogens with two attached hydrogens (primary N) is 1. The van der Waals surface area contributed by atoms with E-state index in [-0.39, 0.29) is 17.6 Å². The van der Waals surface area contributed by atoms with Crippen LogP contribution in [0.5, 0.6) is 5.75 Å². The molecule has 5 N–H and O–H groups in total. The van der Waals surface area contributed by atoms with Crippen molar-refractivity contribution in [1.29, 1.82) is 0 Å². The van der Waals surface area contributed by atoms with E-state index >= 15 is 0 Å². The highest BCUT2D eigenvalue weighted by molar-refractivity contribution is 6.03. The second kappa shape index (κ2) is 14.5. The molecule has 3 aromatic carbocycles. The van der Waals surface area contributed by atoms with Crippen LogP contribution in [0.3, 0.4) is 0 Å². The number of likely N-dealkylation sites (tertiary alicyclic amines) is 1. The van der Waals surface area contributed by atoms with Gasteiger partial charge in [-0.05, 0) is 79.5 Å². The second-order valence-electron chi connectivity index (χ2n) is 9.93. The van der Waals surface area contributed by atoms with E-state index < -0.39 is 12.4 Å². The molecule has 1 unspecified atom stereocenters. The van der Waals surface area contributed by atoms with Crippen LogP contribution >= 0.6 is 0 Å². The largest absolute Gasteiger partial charge is 0.573 e. The van der Waals surface area contributed by atoms with Gasteiger partial charge in [-0.2, -0.15) is 0 Å².